The minimum absolute atomic E-state index is 0.351. The van der Waals surface area contributed by atoms with E-state index in [-0.39, 0.29) is 5.82 Å². The van der Waals surface area contributed by atoms with Crippen molar-refractivity contribution in [1.29, 1.82) is 5.26 Å². The monoisotopic (exact) mass is 262 g/mol. The molecular weight excluding hydrogens is 243 g/mol. The topological polar surface area (TPSA) is 36.3 Å². The van der Waals surface area contributed by atoms with Crippen LogP contribution in [0.3, 0.4) is 0 Å². The van der Waals surface area contributed by atoms with Crippen LogP contribution in [0.2, 0.25) is 0 Å². The molecule has 1 aromatic rings. The van der Waals surface area contributed by atoms with Gasteiger partial charge < -0.3 is 4.74 Å². The lowest BCUT2D eigenvalue weighted by atomic mass is 9.98. The molecule has 0 amide bonds. The summed E-state index contributed by atoms with van der Waals surface area (Å²) in [5.74, 6) is 0.209. The van der Waals surface area contributed by atoms with Crippen molar-refractivity contribution in [3.8, 4) is 6.07 Å². The van der Waals surface area contributed by atoms with Gasteiger partial charge in [0.1, 0.15) is 5.82 Å². The molecule has 0 aromatic heterocycles. The van der Waals surface area contributed by atoms with Crippen molar-refractivity contribution in [2.75, 3.05) is 26.8 Å². The van der Waals surface area contributed by atoms with E-state index in [1.54, 1.807) is 13.2 Å². The molecule has 1 atom stereocenters. The fourth-order valence-corrected chi connectivity index (χ4v) is 2.70. The van der Waals surface area contributed by atoms with Crippen molar-refractivity contribution in [3.63, 3.8) is 0 Å². The van der Waals surface area contributed by atoms with Gasteiger partial charge in [-0.15, -0.1) is 0 Å². The number of rotatable bonds is 4. The molecular formula is C15H19FN2O. The molecule has 102 valence electrons. The van der Waals surface area contributed by atoms with Crippen LogP contribution in [0.1, 0.15) is 24.0 Å². The molecule has 4 heteroatoms. The number of ether oxygens (including phenoxy) is 1. The molecule has 3 nitrogen and oxygen atoms in total. The number of benzene rings is 1. The first-order chi connectivity index (χ1) is 9.22. The predicted octanol–water partition coefficient (Wildman–Crippen LogP) is 2.56. The molecule has 1 aliphatic heterocycles. The normalized spacial score (nSPS) is 20.2. The summed E-state index contributed by atoms with van der Waals surface area (Å²) in [6.45, 7) is 3.51. The zero-order valence-corrected chi connectivity index (χ0v) is 11.2. The van der Waals surface area contributed by atoms with E-state index in [1.807, 2.05) is 0 Å². The lowest BCUT2D eigenvalue weighted by Crippen LogP contribution is -2.36. The number of methoxy groups -OCH3 is 1. The van der Waals surface area contributed by atoms with Gasteiger partial charge in [0.05, 0.1) is 18.2 Å². The second kappa shape index (κ2) is 6.65. The molecule has 0 unspecified atom stereocenters. The minimum atomic E-state index is -0.351. The third-order valence-corrected chi connectivity index (χ3v) is 3.59. The predicted molar refractivity (Wildman–Crippen MR) is 71.0 cm³/mol. The highest BCUT2D eigenvalue weighted by Crippen LogP contribution is 2.20. The van der Waals surface area contributed by atoms with Crippen molar-refractivity contribution >= 4 is 0 Å². The van der Waals surface area contributed by atoms with Gasteiger partial charge in [-0.2, -0.15) is 5.26 Å². The Morgan fingerprint density at radius 2 is 2.37 bits per heavy atom. The van der Waals surface area contributed by atoms with E-state index >= 15 is 0 Å². The summed E-state index contributed by atoms with van der Waals surface area (Å²) in [6.07, 6.45) is 2.34. The molecule has 0 aliphatic carbocycles. The number of hydrogen-bond acceptors (Lipinski definition) is 3. The van der Waals surface area contributed by atoms with Crippen LogP contribution in [-0.2, 0) is 11.3 Å². The summed E-state index contributed by atoms with van der Waals surface area (Å²) >= 11 is 0. The summed E-state index contributed by atoms with van der Waals surface area (Å²) in [7, 11) is 1.73. The summed E-state index contributed by atoms with van der Waals surface area (Å²) in [5.41, 5.74) is 1.34. The van der Waals surface area contributed by atoms with Gasteiger partial charge >= 0.3 is 0 Å². The number of nitriles is 1. The standard InChI is InChI=1S/C15H19FN2O/c1-19-11-12-3-2-6-18(9-12)10-13-4-5-15(16)7-14(13)8-17/h4-5,7,12H,2-3,6,9-11H2,1H3/t12-/m1/s1. The molecule has 0 bridgehead atoms. The molecule has 19 heavy (non-hydrogen) atoms. The lowest BCUT2D eigenvalue weighted by Gasteiger charge is -2.32. The molecule has 1 saturated heterocycles. The van der Waals surface area contributed by atoms with Gasteiger partial charge in [-0.3, -0.25) is 4.90 Å². The number of likely N-dealkylation sites (tertiary alicyclic amines) is 1. The Kier molecular flexibility index (Phi) is 4.89. The third-order valence-electron chi connectivity index (χ3n) is 3.59. The maximum atomic E-state index is 13.1. The summed E-state index contributed by atoms with van der Waals surface area (Å²) in [5, 5.41) is 9.05. The Hall–Kier alpha value is -1.44. The largest absolute Gasteiger partial charge is 0.384 e. The van der Waals surface area contributed by atoms with E-state index in [9.17, 15) is 4.39 Å². The summed E-state index contributed by atoms with van der Waals surface area (Å²) < 4.78 is 18.3. The van der Waals surface area contributed by atoms with Gasteiger partial charge in [0.2, 0.25) is 0 Å². The van der Waals surface area contributed by atoms with Crippen molar-refractivity contribution in [2.24, 2.45) is 5.92 Å². The number of hydrogen-bond donors (Lipinski definition) is 0. The van der Waals surface area contributed by atoms with Crippen LogP contribution in [0.25, 0.3) is 0 Å². The van der Waals surface area contributed by atoms with Crippen molar-refractivity contribution in [2.45, 2.75) is 19.4 Å². The zero-order chi connectivity index (χ0) is 13.7. The third kappa shape index (κ3) is 3.76. The fourth-order valence-electron chi connectivity index (χ4n) is 2.70. The average molecular weight is 262 g/mol. The van der Waals surface area contributed by atoms with Crippen LogP contribution >= 0.6 is 0 Å². The Labute approximate surface area is 113 Å². The smallest absolute Gasteiger partial charge is 0.124 e. The van der Waals surface area contributed by atoms with Crippen LogP contribution in [0, 0.1) is 23.1 Å². The molecule has 0 spiro atoms. The minimum Gasteiger partial charge on any atom is -0.384 e. The van der Waals surface area contributed by atoms with Crippen molar-refractivity contribution in [3.05, 3.63) is 35.1 Å². The number of halogens is 1. The molecule has 1 fully saturated rings. The molecule has 1 aromatic carbocycles. The Balaban J connectivity index is 2.03. The van der Waals surface area contributed by atoms with Crippen LogP contribution in [0.5, 0.6) is 0 Å². The zero-order valence-electron chi connectivity index (χ0n) is 11.2. The summed E-state index contributed by atoms with van der Waals surface area (Å²) in [6, 6.07) is 6.52. The first-order valence-electron chi connectivity index (χ1n) is 6.62. The highest BCUT2D eigenvalue weighted by atomic mass is 19.1. The molecule has 0 radical (unpaired) electrons. The molecule has 0 saturated carbocycles. The van der Waals surface area contributed by atoms with E-state index < -0.39 is 0 Å². The van der Waals surface area contributed by atoms with Gasteiger partial charge in [0, 0.05) is 20.2 Å². The van der Waals surface area contributed by atoms with Crippen LogP contribution in [0.4, 0.5) is 4.39 Å². The van der Waals surface area contributed by atoms with Gasteiger partial charge in [0.25, 0.3) is 0 Å². The first kappa shape index (κ1) is 14.0. The quantitative estimate of drug-likeness (QED) is 0.836. The van der Waals surface area contributed by atoms with Gasteiger partial charge in [-0.05, 0) is 43.0 Å². The van der Waals surface area contributed by atoms with Gasteiger partial charge in [-0.1, -0.05) is 6.07 Å². The molecule has 1 aliphatic rings. The molecule has 1 heterocycles. The fraction of sp³-hybridized carbons (Fsp3) is 0.533. The van der Waals surface area contributed by atoms with E-state index in [2.05, 4.69) is 11.0 Å². The Morgan fingerprint density at radius 1 is 1.53 bits per heavy atom. The van der Waals surface area contributed by atoms with Crippen molar-refractivity contribution < 1.29 is 9.13 Å². The highest BCUT2D eigenvalue weighted by Gasteiger charge is 2.20. The van der Waals surface area contributed by atoms with Crippen LogP contribution < -0.4 is 0 Å². The molecule has 2 rings (SSSR count). The maximum Gasteiger partial charge on any atom is 0.124 e. The first-order valence-corrected chi connectivity index (χ1v) is 6.62. The van der Waals surface area contributed by atoms with Crippen LogP contribution in [0.15, 0.2) is 18.2 Å². The van der Waals surface area contributed by atoms with Crippen molar-refractivity contribution in [1.82, 2.24) is 4.90 Å². The van der Waals surface area contributed by atoms with E-state index in [0.717, 1.165) is 31.7 Å². The summed E-state index contributed by atoms with van der Waals surface area (Å²) in [4.78, 5) is 2.32. The Bertz CT molecular complexity index is 468. The number of nitrogens with zero attached hydrogens (tertiary/aromatic N) is 2. The van der Waals surface area contributed by atoms with E-state index in [1.165, 1.54) is 18.6 Å². The van der Waals surface area contributed by atoms with E-state index in [0.29, 0.717) is 18.0 Å². The second-order valence-corrected chi connectivity index (χ2v) is 5.11. The number of piperidine rings is 1. The van der Waals surface area contributed by atoms with Gasteiger partial charge in [-0.25, -0.2) is 4.39 Å². The Morgan fingerprint density at radius 3 is 3.11 bits per heavy atom. The van der Waals surface area contributed by atoms with Gasteiger partial charge in [0.15, 0.2) is 0 Å². The molecule has 0 N–H and O–H groups in total. The van der Waals surface area contributed by atoms with Crippen LogP contribution in [-0.4, -0.2) is 31.7 Å². The highest BCUT2D eigenvalue weighted by molar-refractivity contribution is 5.37. The maximum absolute atomic E-state index is 13.1. The average Bonchev–Trinajstić information content (AvgIpc) is 2.41. The SMILES string of the molecule is COC[C@@H]1CCCN(Cc2ccc(F)cc2C#N)C1. The second-order valence-electron chi connectivity index (χ2n) is 5.11. The van der Waals surface area contributed by atoms with E-state index in [4.69, 9.17) is 10.00 Å². The lowest BCUT2D eigenvalue weighted by molar-refractivity contribution is 0.0873.